The number of hydrogen-bond acceptors (Lipinski definition) is 3. The Morgan fingerprint density at radius 3 is 2.57 bits per heavy atom. The van der Waals surface area contributed by atoms with Gasteiger partial charge < -0.3 is 15.4 Å². The van der Waals surface area contributed by atoms with Crippen molar-refractivity contribution in [3.8, 4) is 5.75 Å². The van der Waals surface area contributed by atoms with Gasteiger partial charge in [-0.2, -0.15) is 0 Å². The Morgan fingerprint density at radius 1 is 1.04 bits per heavy atom. The van der Waals surface area contributed by atoms with Crippen LogP contribution in [0.15, 0.2) is 54.6 Å². The second-order valence-electron chi connectivity index (χ2n) is 5.48. The van der Waals surface area contributed by atoms with Crippen LogP contribution in [0.2, 0.25) is 0 Å². The van der Waals surface area contributed by atoms with Gasteiger partial charge in [-0.3, -0.25) is 9.59 Å². The Morgan fingerprint density at radius 2 is 1.83 bits per heavy atom. The molecule has 1 aliphatic carbocycles. The van der Waals surface area contributed by atoms with E-state index in [9.17, 15) is 9.59 Å². The maximum absolute atomic E-state index is 12.0. The van der Waals surface area contributed by atoms with Gasteiger partial charge in [-0.1, -0.05) is 24.3 Å². The van der Waals surface area contributed by atoms with E-state index in [-0.39, 0.29) is 18.4 Å². The fourth-order valence-electron chi connectivity index (χ4n) is 2.10. The number of anilines is 1. The van der Waals surface area contributed by atoms with Crippen LogP contribution in [0.3, 0.4) is 0 Å². The smallest absolute Gasteiger partial charge is 0.262 e. The zero-order valence-corrected chi connectivity index (χ0v) is 12.6. The Kier molecular flexibility index (Phi) is 4.57. The van der Waals surface area contributed by atoms with Crippen molar-refractivity contribution in [1.29, 1.82) is 0 Å². The van der Waals surface area contributed by atoms with Gasteiger partial charge in [0.2, 0.25) is 0 Å². The number of carbonyl (C=O) groups excluding carboxylic acids is 2. The molecule has 1 aliphatic rings. The predicted octanol–water partition coefficient (Wildman–Crippen LogP) is 2.60. The van der Waals surface area contributed by atoms with E-state index in [0.717, 1.165) is 12.8 Å². The van der Waals surface area contributed by atoms with Crippen LogP contribution in [0.1, 0.15) is 23.2 Å². The number of rotatable bonds is 6. The summed E-state index contributed by atoms with van der Waals surface area (Å²) in [5.74, 6) is 0.262. The average molecular weight is 310 g/mol. The summed E-state index contributed by atoms with van der Waals surface area (Å²) in [5, 5.41) is 5.65. The van der Waals surface area contributed by atoms with Crippen LogP contribution >= 0.6 is 0 Å². The second-order valence-corrected chi connectivity index (χ2v) is 5.48. The van der Waals surface area contributed by atoms with Crippen LogP contribution in [0.25, 0.3) is 0 Å². The zero-order valence-electron chi connectivity index (χ0n) is 12.6. The van der Waals surface area contributed by atoms with Crippen molar-refractivity contribution in [3.63, 3.8) is 0 Å². The summed E-state index contributed by atoms with van der Waals surface area (Å²) in [7, 11) is 0. The summed E-state index contributed by atoms with van der Waals surface area (Å²) in [5.41, 5.74) is 1.12. The van der Waals surface area contributed by atoms with Crippen LogP contribution in [-0.2, 0) is 4.79 Å². The lowest BCUT2D eigenvalue weighted by molar-refractivity contribution is -0.118. The Labute approximate surface area is 134 Å². The number of hydrogen-bond donors (Lipinski definition) is 2. The van der Waals surface area contributed by atoms with E-state index < -0.39 is 0 Å². The molecule has 5 nitrogen and oxygen atoms in total. The maximum Gasteiger partial charge on any atom is 0.262 e. The highest BCUT2D eigenvalue weighted by Gasteiger charge is 2.23. The zero-order chi connectivity index (χ0) is 16.1. The summed E-state index contributed by atoms with van der Waals surface area (Å²) in [6, 6.07) is 16.3. The van der Waals surface area contributed by atoms with Crippen molar-refractivity contribution in [1.82, 2.24) is 5.32 Å². The Balaban J connectivity index is 1.54. The third kappa shape index (κ3) is 4.57. The monoisotopic (exact) mass is 310 g/mol. The van der Waals surface area contributed by atoms with E-state index in [4.69, 9.17) is 4.74 Å². The van der Waals surface area contributed by atoms with Gasteiger partial charge in [0.05, 0.1) is 0 Å². The second kappa shape index (κ2) is 6.96. The summed E-state index contributed by atoms with van der Waals surface area (Å²) in [6.45, 7) is -0.0808. The van der Waals surface area contributed by atoms with Gasteiger partial charge in [-0.15, -0.1) is 0 Å². The van der Waals surface area contributed by atoms with Crippen molar-refractivity contribution in [2.45, 2.75) is 18.9 Å². The molecular weight excluding hydrogens is 292 g/mol. The molecule has 0 aromatic heterocycles. The van der Waals surface area contributed by atoms with E-state index in [1.54, 1.807) is 36.4 Å². The van der Waals surface area contributed by atoms with Crippen LogP contribution < -0.4 is 15.4 Å². The number of benzene rings is 2. The topological polar surface area (TPSA) is 67.4 Å². The minimum atomic E-state index is -0.270. The van der Waals surface area contributed by atoms with Gasteiger partial charge in [0.15, 0.2) is 6.61 Å². The quantitative estimate of drug-likeness (QED) is 0.862. The summed E-state index contributed by atoms with van der Waals surface area (Å²) < 4.78 is 5.39. The molecule has 2 N–H and O–H groups in total. The summed E-state index contributed by atoms with van der Waals surface area (Å²) in [6.07, 6.45) is 2.08. The fourth-order valence-corrected chi connectivity index (χ4v) is 2.10. The molecule has 0 heterocycles. The molecule has 2 amide bonds. The van der Waals surface area contributed by atoms with Gasteiger partial charge in [0, 0.05) is 17.3 Å². The van der Waals surface area contributed by atoms with Crippen LogP contribution in [0.4, 0.5) is 5.69 Å². The Hall–Kier alpha value is -2.82. The Bertz CT molecular complexity index is 696. The first-order valence-corrected chi connectivity index (χ1v) is 7.59. The molecule has 23 heavy (non-hydrogen) atoms. The SMILES string of the molecule is O=C(COc1ccccc1)Nc1cccc(C(=O)NC2CC2)c1. The van der Waals surface area contributed by atoms with Crippen molar-refractivity contribution in [3.05, 3.63) is 60.2 Å². The third-order valence-corrected chi connectivity index (χ3v) is 3.43. The van der Waals surface area contributed by atoms with Crippen molar-refractivity contribution in [2.75, 3.05) is 11.9 Å². The molecule has 0 atom stereocenters. The number of carbonyl (C=O) groups is 2. The molecule has 3 rings (SSSR count). The van der Waals surface area contributed by atoms with Gasteiger partial charge in [0.25, 0.3) is 11.8 Å². The van der Waals surface area contributed by atoms with Crippen molar-refractivity contribution in [2.24, 2.45) is 0 Å². The third-order valence-electron chi connectivity index (χ3n) is 3.43. The lowest BCUT2D eigenvalue weighted by Gasteiger charge is -2.09. The minimum absolute atomic E-state index is 0.0808. The molecule has 1 saturated carbocycles. The average Bonchev–Trinajstić information content (AvgIpc) is 3.38. The standard InChI is InChI=1S/C18H18N2O3/c21-17(12-23-16-7-2-1-3-8-16)19-15-6-4-5-13(11-15)18(22)20-14-9-10-14/h1-8,11,14H,9-10,12H2,(H,19,21)(H,20,22). The lowest BCUT2D eigenvalue weighted by Crippen LogP contribution is -2.25. The first-order chi connectivity index (χ1) is 11.2. The van der Waals surface area contributed by atoms with Gasteiger partial charge in [-0.25, -0.2) is 0 Å². The molecular formula is C18H18N2O3. The number of nitrogens with one attached hydrogen (secondary N) is 2. The molecule has 118 valence electrons. The van der Waals surface area contributed by atoms with Gasteiger partial charge in [0.1, 0.15) is 5.75 Å². The fraction of sp³-hybridized carbons (Fsp3) is 0.222. The highest BCUT2D eigenvalue weighted by Crippen LogP contribution is 2.20. The molecule has 1 fully saturated rings. The normalized spacial score (nSPS) is 13.2. The largest absolute Gasteiger partial charge is 0.484 e. The minimum Gasteiger partial charge on any atom is -0.484 e. The summed E-state index contributed by atoms with van der Waals surface area (Å²) in [4.78, 5) is 23.9. The molecule has 2 aromatic carbocycles. The van der Waals surface area contributed by atoms with Crippen LogP contribution in [-0.4, -0.2) is 24.5 Å². The summed E-state index contributed by atoms with van der Waals surface area (Å²) >= 11 is 0. The molecule has 0 spiro atoms. The highest BCUT2D eigenvalue weighted by molar-refractivity contribution is 5.97. The predicted molar refractivity (Wildman–Crippen MR) is 87.5 cm³/mol. The molecule has 0 unspecified atom stereocenters. The van der Waals surface area contributed by atoms with Gasteiger partial charge in [-0.05, 0) is 43.2 Å². The molecule has 0 saturated heterocycles. The van der Waals surface area contributed by atoms with Crippen molar-refractivity contribution < 1.29 is 14.3 Å². The van der Waals surface area contributed by atoms with E-state index in [2.05, 4.69) is 10.6 Å². The van der Waals surface area contributed by atoms with Crippen LogP contribution in [0, 0.1) is 0 Å². The number of para-hydroxylation sites is 1. The lowest BCUT2D eigenvalue weighted by atomic mass is 10.2. The highest BCUT2D eigenvalue weighted by atomic mass is 16.5. The van der Waals surface area contributed by atoms with Crippen molar-refractivity contribution >= 4 is 17.5 Å². The van der Waals surface area contributed by atoms with E-state index >= 15 is 0 Å². The maximum atomic E-state index is 12.0. The number of amides is 2. The first kappa shape index (κ1) is 15.1. The van der Waals surface area contributed by atoms with E-state index in [1.807, 2.05) is 18.2 Å². The molecule has 0 radical (unpaired) electrons. The first-order valence-electron chi connectivity index (χ1n) is 7.59. The van der Waals surface area contributed by atoms with E-state index in [0.29, 0.717) is 23.0 Å². The van der Waals surface area contributed by atoms with Gasteiger partial charge >= 0.3 is 0 Å². The molecule has 2 aromatic rings. The van der Waals surface area contributed by atoms with Crippen LogP contribution in [0.5, 0.6) is 5.75 Å². The molecule has 5 heteroatoms. The number of ether oxygens (including phenoxy) is 1. The molecule has 0 bridgehead atoms. The van der Waals surface area contributed by atoms with E-state index in [1.165, 1.54) is 0 Å². The molecule has 0 aliphatic heterocycles.